The van der Waals surface area contributed by atoms with Crippen LogP contribution in [0.5, 0.6) is 0 Å². The molecule has 3 nitrogen and oxygen atoms in total. The van der Waals surface area contributed by atoms with Crippen LogP contribution in [0.1, 0.15) is 53.7 Å². The molecule has 0 amide bonds. The number of hydrogen-bond donors (Lipinski definition) is 0. The van der Waals surface area contributed by atoms with Gasteiger partial charge in [0.1, 0.15) is 0 Å². The number of nitrogens with zero attached hydrogens (tertiary/aromatic N) is 3. The third-order valence-corrected chi connectivity index (χ3v) is 14.0. The second-order valence-corrected chi connectivity index (χ2v) is 19.1. The minimum Gasteiger partial charge on any atom is -0.256 e. The van der Waals surface area contributed by atoms with Gasteiger partial charge in [-0.3, -0.25) is 15.0 Å². The molecule has 1 fully saturated rings. The fraction of sp³-hybridized carbons (Fsp3) is 0.105. The molecule has 0 radical (unpaired) electrons. The fourth-order valence-electron chi connectivity index (χ4n) is 9.54. The fourth-order valence-corrected chi connectivity index (χ4v) is 10.7. The summed E-state index contributed by atoms with van der Waals surface area (Å²) in [5, 5.41) is 0. The topological polar surface area (TPSA) is 38.7 Å². The first-order chi connectivity index (χ1) is 30.9. The van der Waals surface area contributed by atoms with Gasteiger partial charge in [0.15, 0.2) is 0 Å². The zero-order chi connectivity index (χ0) is 42.7. The van der Waals surface area contributed by atoms with Crippen LogP contribution in [0.15, 0.2) is 214 Å². The van der Waals surface area contributed by atoms with E-state index in [0.29, 0.717) is 17.8 Å². The lowest BCUT2D eigenvalue weighted by Crippen LogP contribution is -2.21. The van der Waals surface area contributed by atoms with Crippen LogP contribution >= 0.6 is 47.8 Å². The van der Waals surface area contributed by atoms with Crippen molar-refractivity contribution in [1.82, 2.24) is 15.0 Å². The summed E-state index contributed by atoms with van der Waals surface area (Å²) in [5.41, 5.74) is 17.4. The van der Waals surface area contributed by atoms with E-state index in [0.717, 1.165) is 83.1 Å². The lowest BCUT2D eigenvalue weighted by Gasteiger charge is -2.38. The first-order valence-electron chi connectivity index (χ1n) is 21.4. The molecular weight excluding hydrogens is 966 g/mol. The van der Waals surface area contributed by atoms with Gasteiger partial charge in [0.25, 0.3) is 0 Å². The first-order valence-corrected chi connectivity index (χ1v) is 23.8. The second-order valence-electron chi connectivity index (χ2n) is 16.4. The molecule has 6 aromatic carbocycles. The summed E-state index contributed by atoms with van der Waals surface area (Å²) >= 11 is 10.9. The second kappa shape index (κ2) is 18.5. The monoisotopic (exact) mass is 1010 g/mol. The summed E-state index contributed by atoms with van der Waals surface area (Å²) in [5.74, 6) is 0.889. The molecule has 0 saturated heterocycles. The predicted octanol–water partition coefficient (Wildman–Crippen LogP) is 17.0. The quantitative estimate of drug-likeness (QED) is 0.145. The average molecular weight is 1010 g/mol. The summed E-state index contributed by atoms with van der Waals surface area (Å²) in [7, 11) is 0. The standard InChI is InChI=1S/C57H42Br3N3/c58-46-13-7-10-37(31-46)55-25-22-40(34-61-55)49-16-1-4-19-52(49)43-28-44(53-20-5-2-17-50(53)41-23-26-56(62-35-41)38-11-8-14-47(59)32-38)30-45(29-43)54-21-6-3-18-51(54)42-24-27-57(63-36-42)39-12-9-15-48(60)33-39/h1-27,31-36,43-45H,28-30H2. The number of hydrogen-bond acceptors (Lipinski definition) is 3. The predicted molar refractivity (Wildman–Crippen MR) is 271 cm³/mol. The van der Waals surface area contributed by atoms with Gasteiger partial charge in [-0.1, -0.05) is 175 Å². The number of aromatic nitrogens is 3. The number of pyridine rings is 3. The first kappa shape index (κ1) is 41.2. The van der Waals surface area contributed by atoms with E-state index in [2.05, 4.69) is 212 Å². The van der Waals surface area contributed by atoms with E-state index in [9.17, 15) is 0 Å². The third-order valence-electron chi connectivity index (χ3n) is 12.5. The largest absolute Gasteiger partial charge is 0.256 e. The highest BCUT2D eigenvalue weighted by Crippen LogP contribution is 2.52. The van der Waals surface area contributed by atoms with Gasteiger partial charge in [-0.05, 0) is 125 Å². The van der Waals surface area contributed by atoms with Crippen molar-refractivity contribution in [2.45, 2.75) is 37.0 Å². The Morgan fingerprint density at radius 2 is 0.603 bits per heavy atom. The van der Waals surface area contributed by atoms with Gasteiger partial charge in [-0.2, -0.15) is 0 Å². The summed E-state index contributed by atoms with van der Waals surface area (Å²) < 4.78 is 3.13. The molecule has 0 unspecified atom stereocenters. The van der Waals surface area contributed by atoms with Crippen molar-refractivity contribution in [3.05, 3.63) is 231 Å². The Morgan fingerprint density at radius 1 is 0.302 bits per heavy atom. The smallest absolute Gasteiger partial charge is 0.0702 e. The van der Waals surface area contributed by atoms with E-state index in [1.807, 2.05) is 36.8 Å². The van der Waals surface area contributed by atoms with Crippen LogP contribution in [0.4, 0.5) is 0 Å². The highest BCUT2D eigenvalue weighted by Gasteiger charge is 2.35. The lowest BCUT2D eigenvalue weighted by atomic mass is 9.66. The normalized spacial score (nSPS) is 16.1. The highest BCUT2D eigenvalue weighted by atomic mass is 79.9. The molecule has 1 saturated carbocycles. The van der Waals surface area contributed by atoms with Gasteiger partial charge in [0, 0.05) is 65.4 Å². The SMILES string of the molecule is Brc1cccc(-c2ccc(-c3ccccc3C3CC(c4ccccc4-c4ccc(-c5cccc(Br)c5)nc4)CC(c4ccccc4-c4ccc(-c5cccc(Br)c5)nc4)C3)cn2)c1. The van der Waals surface area contributed by atoms with Gasteiger partial charge in [-0.15, -0.1) is 0 Å². The van der Waals surface area contributed by atoms with E-state index in [4.69, 9.17) is 15.0 Å². The number of halogens is 3. The van der Waals surface area contributed by atoms with Gasteiger partial charge in [0.2, 0.25) is 0 Å². The van der Waals surface area contributed by atoms with Crippen molar-refractivity contribution >= 4 is 47.8 Å². The Morgan fingerprint density at radius 3 is 0.873 bits per heavy atom. The van der Waals surface area contributed by atoms with Crippen LogP contribution < -0.4 is 0 Å². The Bertz CT molecular complexity index is 2700. The van der Waals surface area contributed by atoms with Crippen molar-refractivity contribution in [2.24, 2.45) is 0 Å². The zero-order valence-electron chi connectivity index (χ0n) is 34.4. The Balaban J connectivity index is 1.04. The van der Waals surface area contributed by atoms with E-state index in [1.165, 1.54) is 33.4 Å². The van der Waals surface area contributed by atoms with Crippen LogP contribution in [0.3, 0.4) is 0 Å². The maximum Gasteiger partial charge on any atom is 0.0702 e. The number of rotatable bonds is 9. The van der Waals surface area contributed by atoms with E-state index in [-0.39, 0.29) is 0 Å². The van der Waals surface area contributed by atoms with Crippen LogP contribution in [0.25, 0.3) is 67.2 Å². The van der Waals surface area contributed by atoms with Crippen molar-refractivity contribution in [1.29, 1.82) is 0 Å². The van der Waals surface area contributed by atoms with E-state index >= 15 is 0 Å². The van der Waals surface area contributed by atoms with E-state index in [1.54, 1.807) is 0 Å². The highest BCUT2D eigenvalue weighted by molar-refractivity contribution is 9.11. The van der Waals surface area contributed by atoms with Crippen molar-refractivity contribution in [2.75, 3.05) is 0 Å². The Kier molecular flexibility index (Phi) is 12.1. The molecule has 63 heavy (non-hydrogen) atoms. The Labute approximate surface area is 394 Å². The van der Waals surface area contributed by atoms with Crippen molar-refractivity contribution in [3.8, 4) is 67.2 Å². The maximum atomic E-state index is 4.99. The Hall–Kier alpha value is -5.79. The molecule has 9 aromatic rings. The molecule has 0 bridgehead atoms. The molecule has 3 heterocycles. The molecule has 1 aliphatic rings. The van der Waals surface area contributed by atoms with E-state index < -0.39 is 0 Å². The summed E-state index contributed by atoms with van der Waals surface area (Å²) in [6, 6.07) is 65.2. The minimum absolute atomic E-state index is 0.296. The zero-order valence-corrected chi connectivity index (χ0v) is 39.1. The van der Waals surface area contributed by atoms with Crippen LogP contribution in [0, 0.1) is 0 Å². The van der Waals surface area contributed by atoms with Gasteiger partial charge >= 0.3 is 0 Å². The minimum atomic E-state index is 0.296. The third kappa shape index (κ3) is 9.04. The summed E-state index contributed by atoms with van der Waals surface area (Å²) in [6.45, 7) is 0. The maximum absolute atomic E-state index is 4.99. The molecule has 1 aliphatic carbocycles. The van der Waals surface area contributed by atoms with Gasteiger partial charge in [-0.25, -0.2) is 0 Å². The summed E-state index contributed by atoms with van der Waals surface area (Å²) in [4.78, 5) is 15.0. The number of benzene rings is 6. The lowest BCUT2D eigenvalue weighted by molar-refractivity contribution is 0.353. The van der Waals surface area contributed by atoms with Crippen LogP contribution in [0.2, 0.25) is 0 Å². The van der Waals surface area contributed by atoms with Gasteiger partial charge < -0.3 is 0 Å². The molecule has 10 rings (SSSR count). The van der Waals surface area contributed by atoms with Gasteiger partial charge in [0.05, 0.1) is 17.1 Å². The van der Waals surface area contributed by atoms with Crippen LogP contribution in [-0.4, -0.2) is 15.0 Å². The molecule has 6 heteroatoms. The molecule has 0 atom stereocenters. The summed E-state index contributed by atoms with van der Waals surface area (Å²) in [6.07, 6.45) is 9.24. The molecule has 306 valence electrons. The average Bonchev–Trinajstić information content (AvgIpc) is 3.34. The molecular formula is C57H42Br3N3. The molecule has 0 aliphatic heterocycles. The van der Waals surface area contributed by atoms with Crippen molar-refractivity contribution in [3.63, 3.8) is 0 Å². The molecule has 0 spiro atoms. The van der Waals surface area contributed by atoms with Crippen LogP contribution in [-0.2, 0) is 0 Å². The molecule has 0 N–H and O–H groups in total. The van der Waals surface area contributed by atoms with Crippen molar-refractivity contribution < 1.29 is 0 Å². The molecule has 3 aromatic heterocycles.